The zero-order valence-corrected chi connectivity index (χ0v) is 9.88. The number of hydrogen-bond acceptors (Lipinski definition) is 3. The maximum Gasteiger partial charge on any atom is 0.316 e. The molecule has 1 atom stereocenters. The lowest BCUT2D eigenvalue weighted by atomic mass is 10.3. The molecule has 0 fully saturated rings. The number of aliphatic carboxylic acids is 1. The van der Waals surface area contributed by atoms with Crippen molar-refractivity contribution in [2.45, 2.75) is 24.3 Å². The van der Waals surface area contributed by atoms with E-state index in [0.717, 1.165) is 5.69 Å². The van der Waals surface area contributed by atoms with Crippen molar-refractivity contribution < 1.29 is 9.90 Å². The van der Waals surface area contributed by atoms with E-state index in [0.29, 0.717) is 17.3 Å². The zero-order valence-electron chi connectivity index (χ0n) is 8.31. The van der Waals surface area contributed by atoms with Crippen LogP contribution in [0.4, 0.5) is 0 Å². The molecule has 1 unspecified atom stereocenters. The van der Waals surface area contributed by atoms with Gasteiger partial charge in [-0.05, 0) is 18.6 Å². The molecule has 1 aromatic rings. The number of aromatic nitrogens is 1. The molecule has 1 rings (SSSR count). The fourth-order valence-corrected chi connectivity index (χ4v) is 2.17. The van der Waals surface area contributed by atoms with Gasteiger partial charge in [-0.3, -0.25) is 4.79 Å². The summed E-state index contributed by atoms with van der Waals surface area (Å²) in [5.41, 5.74) is 0.812. The van der Waals surface area contributed by atoms with Gasteiger partial charge < -0.3 is 5.11 Å². The molecule has 0 amide bonds. The minimum atomic E-state index is -0.774. The van der Waals surface area contributed by atoms with E-state index in [1.807, 2.05) is 19.1 Å². The first kappa shape index (κ1) is 12.3. The smallest absolute Gasteiger partial charge is 0.316 e. The predicted molar refractivity (Wildman–Crippen MR) is 62.3 cm³/mol. The summed E-state index contributed by atoms with van der Waals surface area (Å²) < 4.78 is 0. The normalized spacial score (nSPS) is 12.4. The number of carboxylic acids is 1. The van der Waals surface area contributed by atoms with Crippen molar-refractivity contribution in [3.05, 3.63) is 29.0 Å². The van der Waals surface area contributed by atoms with Gasteiger partial charge in [-0.2, -0.15) is 0 Å². The average Bonchev–Trinajstić information content (AvgIpc) is 2.18. The van der Waals surface area contributed by atoms with Crippen LogP contribution in [0.5, 0.6) is 0 Å². The largest absolute Gasteiger partial charge is 0.480 e. The molecular weight excluding hydrogens is 234 g/mol. The summed E-state index contributed by atoms with van der Waals surface area (Å²) in [7, 11) is 0. The lowest BCUT2D eigenvalue weighted by Crippen LogP contribution is -2.15. The van der Waals surface area contributed by atoms with E-state index in [9.17, 15) is 4.79 Å². The van der Waals surface area contributed by atoms with Gasteiger partial charge in [0.15, 0.2) is 0 Å². The molecule has 82 valence electrons. The van der Waals surface area contributed by atoms with E-state index < -0.39 is 5.97 Å². The van der Waals surface area contributed by atoms with Crippen molar-refractivity contribution in [1.82, 2.24) is 4.98 Å². The van der Waals surface area contributed by atoms with Gasteiger partial charge in [0.25, 0.3) is 0 Å². The Morgan fingerprint density at radius 1 is 1.67 bits per heavy atom. The van der Waals surface area contributed by atoms with Gasteiger partial charge in [0, 0.05) is 5.75 Å². The molecule has 5 heteroatoms. The van der Waals surface area contributed by atoms with Crippen LogP contribution in [0, 0.1) is 0 Å². The van der Waals surface area contributed by atoms with Crippen LogP contribution in [0.25, 0.3) is 0 Å². The van der Waals surface area contributed by atoms with E-state index in [4.69, 9.17) is 16.7 Å². The second-order valence-corrected chi connectivity index (χ2v) is 4.58. The maximum absolute atomic E-state index is 10.8. The van der Waals surface area contributed by atoms with Gasteiger partial charge in [-0.25, -0.2) is 4.98 Å². The molecule has 1 aromatic heterocycles. The summed E-state index contributed by atoms with van der Waals surface area (Å²) in [5, 5.41) is 8.91. The highest BCUT2D eigenvalue weighted by molar-refractivity contribution is 7.99. The summed E-state index contributed by atoms with van der Waals surface area (Å²) in [5.74, 6) is -0.199. The van der Waals surface area contributed by atoms with Gasteiger partial charge in [-0.15, -0.1) is 11.8 Å². The molecule has 1 N–H and O–H groups in total. The molecule has 0 radical (unpaired) electrons. The van der Waals surface area contributed by atoms with Gasteiger partial charge in [0.2, 0.25) is 0 Å². The Balaban J connectivity index is 2.52. The van der Waals surface area contributed by atoms with E-state index >= 15 is 0 Å². The molecule has 0 saturated heterocycles. The highest BCUT2D eigenvalue weighted by Gasteiger charge is 2.15. The first-order chi connectivity index (χ1) is 7.13. The lowest BCUT2D eigenvalue weighted by molar-refractivity contribution is -0.136. The molecule has 0 spiro atoms. The standard InChI is InChI=1S/C10H12ClNO2S/c1-2-8(10(13)14)15-6-7-4-3-5-9(11)12-7/h3-5,8H,2,6H2,1H3,(H,13,14). The number of thioether (sulfide) groups is 1. The van der Waals surface area contributed by atoms with Crippen molar-refractivity contribution >= 4 is 29.3 Å². The maximum atomic E-state index is 10.8. The summed E-state index contributed by atoms with van der Waals surface area (Å²) in [6, 6.07) is 5.35. The van der Waals surface area contributed by atoms with E-state index in [-0.39, 0.29) is 5.25 Å². The Bertz CT molecular complexity index is 346. The second-order valence-electron chi connectivity index (χ2n) is 3.00. The molecule has 0 aliphatic heterocycles. The number of carbonyl (C=O) groups is 1. The molecule has 3 nitrogen and oxygen atoms in total. The summed E-state index contributed by atoms with van der Waals surface area (Å²) in [4.78, 5) is 14.8. The molecule has 0 aromatic carbocycles. The van der Waals surface area contributed by atoms with Crippen LogP contribution in [-0.2, 0) is 10.5 Å². The van der Waals surface area contributed by atoms with Crippen LogP contribution in [0.1, 0.15) is 19.0 Å². The van der Waals surface area contributed by atoms with Crippen molar-refractivity contribution in [3.8, 4) is 0 Å². The first-order valence-corrected chi connectivity index (χ1v) is 6.02. The van der Waals surface area contributed by atoms with Crippen LogP contribution in [0.2, 0.25) is 5.15 Å². The third-order valence-corrected chi connectivity index (χ3v) is 3.46. The molecule has 0 bridgehead atoms. The summed E-state index contributed by atoms with van der Waals surface area (Å²) in [6.07, 6.45) is 0.612. The van der Waals surface area contributed by atoms with Crippen LogP contribution in [0.15, 0.2) is 18.2 Å². The lowest BCUT2D eigenvalue weighted by Gasteiger charge is -2.08. The molecule has 0 aliphatic rings. The first-order valence-electron chi connectivity index (χ1n) is 4.59. The molecule has 15 heavy (non-hydrogen) atoms. The van der Waals surface area contributed by atoms with Gasteiger partial charge in [0.1, 0.15) is 10.4 Å². The Labute approximate surface area is 97.9 Å². The molecule has 0 saturated carbocycles. The average molecular weight is 246 g/mol. The number of pyridine rings is 1. The number of hydrogen-bond donors (Lipinski definition) is 1. The number of rotatable bonds is 5. The van der Waals surface area contributed by atoms with Crippen molar-refractivity contribution in [1.29, 1.82) is 0 Å². The minimum absolute atomic E-state index is 0.370. The summed E-state index contributed by atoms with van der Waals surface area (Å²) in [6.45, 7) is 1.86. The Kier molecular flexibility index (Phi) is 4.91. The van der Waals surface area contributed by atoms with Crippen LogP contribution >= 0.6 is 23.4 Å². The Hall–Kier alpha value is -0.740. The topological polar surface area (TPSA) is 50.2 Å². The Morgan fingerprint density at radius 3 is 2.93 bits per heavy atom. The Morgan fingerprint density at radius 2 is 2.40 bits per heavy atom. The van der Waals surface area contributed by atoms with E-state index in [2.05, 4.69) is 4.98 Å². The third-order valence-electron chi connectivity index (χ3n) is 1.85. The molecular formula is C10H12ClNO2S. The van der Waals surface area contributed by atoms with Crippen molar-refractivity contribution in [2.75, 3.05) is 0 Å². The van der Waals surface area contributed by atoms with Gasteiger partial charge in [0.05, 0.1) is 5.69 Å². The van der Waals surface area contributed by atoms with Crippen LogP contribution in [-0.4, -0.2) is 21.3 Å². The number of carboxylic acid groups (broad SMARTS) is 1. The van der Waals surface area contributed by atoms with Crippen molar-refractivity contribution in [3.63, 3.8) is 0 Å². The quantitative estimate of drug-likeness (QED) is 0.811. The minimum Gasteiger partial charge on any atom is -0.480 e. The van der Waals surface area contributed by atoms with E-state index in [1.165, 1.54) is 11.8 Å². The monoisotopic (exact) mass is 245 g/mol. The zero-order chi connectivity index (χ0) is 11.3. The fourth-order valence-electron chi connectivity index (χ4n) is 1.08. The van der Waals surface area contributed by atoms with Crippen LogP contribution in [0.3, 0.4) is 0 Å². The second kappa shape index (κ2) is 5.98. The predicted octanol–water partition coefficient (Wildman–Crippen LogP) is 2.83. The fraction of sp³-hybridized carbons (Fsp3) is 0.400. The third kappa shape index (κ3) is 4.10. The van der Waals surface area contributed by atoms with Gasteiger partial charge >= 0.3 is 5.97 Å². The highest BCUT2D eigenvalue weighted by atomic mass is 35.5. The number of nitrogens with zero attached hydrogens (tertiary/aromatic N) is 1. The van der Waals surface area contributed by atoms with Crippen molar-refractivity contribution in [2.24, 2.45) is 0 Å². The van der Waals surface area contributed by atoms with E-state index in [1.54, 1.807) is 6.07 Å². The van der Waals surface area contributed by atoms with Crippen LogP contribution < -0.4 is 0 Å². The summed E-state index contributed by atoms with van der Waals surface area (Å²) >= 11 is 7.09. The number of halogens is 1. The highest BCUT2D eigenvalue weighted by Crippen LogP contribution is 2.20. The van der Waals surface area contributed by atoms with Gasteiger partial charge in [-0.1, -0.05) is 24.6 Å². The SMILES string of the molecule is CCC(SCc1cccc(Cl)n1)C(=O)O. The molecule has 0 aliphatic carbocycles. The molecule has 1 heterocycles.